The predicted molar refractivity (Wildman–Crippen MR) is 130 cm³/mol. The number of rotatable bonds is 8. The second-order valence-corrected chi connectivity index (χ2v) is 12.5. The molecule has 0 radical (unpaired) electrons. The van der Waals surface area contributed by atoms with Crippen LogP contribution in [0.4, 0.5) is 4.39 Å². The molecule has 4 aromatic rings. The van der Waals surface area contributed by atoms with Crippen molar-refractivity contribution in [1.82, 2.24) is 0 Å². The molecule has 1 unspecified atom stereocenters. The summed E-state index contributed by atoms with van der Waals surface area (Å²) in [6, 6.07) is 34.9. The van der Waals surface area contributed by atoms with Gasteiger partial charge in [0.25, 0.3) is 7.37 Å². The molecule has 0 aliphatic heterocycles. The first-order chi connectivity index (χ1) is 15.6. The minimum atomic E-state index is -3.75. The van der Waals surface area contributed by atoms with Crippen molar-refractivity contribution < 1.29 is 18.0 Å². The molecule has 1 atom stereocenters. The molecule has 0 saturated heterocycles. The minimum Gasteiger partial charge on any atom is -0.311 e. The Morgan fingerprint density at radius 1 is 0.562 bits per heavy atom. The van der Waals surface area contributed by atoms with Gasteiger partial charge >= 0.3 is 0 Å². The van der Waals surface area contributed by atoms with Crippen LogP contribution in [0.3, 0.4) is 0 Å². The number of hydrogen-bond donors (Lipinski definition) is 0. The smallest absolute Gasteiger partial charge is 0.262 e. The van der Waals surface area contributed by atoms with Crippen LogP contribution in [-0.4, -0.2) is 12.5 Å². The number of halogens is 1. The molecule has 6 heteroatoms. The molecular formula is C26H23FO3P2. The van der Waals surface area contributed by atoms with E-state index in [2.05, 4.69) is 0 Å². The normalized spacial score (nSPS) is 12.9. The fourth-order valence-electron chi connectivity index (χ4n) is 3.66. The van der Waals surface area contributed by atoms with Crippen molar-refractivity contribution in [3.05, 3.63) is 121 Å². The Kier molecular flexibility index (Phi) is 6.86. The van der Waals surface area contributed by atoms with Gasteiger partial charge in [-0.3, -0.25) is 4.57 Å². The quantitative estimate of drug-likeness (QED) is 0.335. The maximum Gasteiger partial charge on any atom is 0.262 e. The summed E-state index contributed by atoms with van der Waals surface area (Å²) in [5.41, 5.74) is 0. The molecule has 0 fully saturated rings. The lowest BCUT2D eigenvalue weighted by Gasteiger charge is -2.30. The third-order valence-electron chi connectivity index (χ3n) is 5.28. The van der Waals surface area contributed by atoms with E-state index in [9.17, 15) is 13.5 Å². The first-order valence-electron chi connectivity index (χ1n) is 10.3. The highest BCUT2D eigenvalue weighted by Gasteiger charge is 2.43. The fourth-order valence-corrected chi connectivity index (χ4v) is 9.05. The van der Waals surface area contributed by atoms with Crippen LogP contribution in [0.1, 0.15) is 0 Å². The van der Waals surface area contributed by atoms with E-state index in [-0.39, 0.29) is 0 Å². The molecule has 0 aliphatic rings. The number of alkyl halides is 1. The number of benzene rings is 4. The molecule has 3 nitrogen and oxygen atoms in total. The molecule has 0 bridgehead atoms. The molecule has 4 rings (SSSR count). The molecule has 0 N–H and O–H groups in total. The van der Waals surface area contributed by atoms with E-state index in [1.807, 2.05) is 24.3 Å². The average Bonchev–Trinajstić information content (AvgIpc) is 2.88. The number of hydrogen-bond acceptors (Lipinski definition) is 3. The molecule has 0 spiro atoms. The van der Waals surface area contributed by atoms with Gasteiger partial charge in [0.1, 0.15) is 6.67 Å². The molecule has 0 saturated carbocycles. The topological polar surface area (TPSA) is 43.4 Å². The predicted octanol–water partition coefficient (Wildman–Crippen LogP) is 5.24. The van der Waals surface area contributed by atoms with Crippen LogP contribution in [0.2, 0.25) is 0 Å². The third-order valence-corrected chi connectivity index (χ3v) is 11.1. The zero-order valence-electron chi connectivity index (χ0n) is 17.3. The summed E-state index contributed by atoms with van der Waals surface area (Å²) < 4.78 is 49.8. The lowest BCUT2D eigenvalue weighted by molar-refractivity contribution is 0.241. The molecular weight excluding hydrogens is 441 g/mol. The highest BCUT2D eigenvalue weighted by atomic mass is 31.2. The highest BCUT2D eigenvalue weighted by Crippen LogP contribution is 2.57. The highest BCUT2D eigenvalue weighted by molar-refractivity contribution is 7.80. The van der Waals surface area contributed by atoms with E-state index >= 15 is 0 Å². The first kappa shape index (κ1) is 22.4. The lowest BCUT2D eigenvalue weighted by Crippen LogP contribution is -2.31. The van der Waals surface area contributed by atoms with E-state index in [0.29, 0.717) is 21.2 Å². The summed E-state index contributed by atoms with van der Waals surface area (Å²) in [7, 11) is -7.39. The maximum absolute atomic E-state index is 14.7. The van der Waals surface area contributed by atoms with Gasteiger partial charge in [-0.1, -0.05) is 97.1 Å². The summed E-state index contributed by atoms with van der Waals surface area (Å²) in [6.07, 6.45) is 0. The van der Waals surface area contributed by atoms with Crippen molar-refractivity contribution in [1.29, 1.82) is 0 Å². The van der Waals surface area contributed by atoms with E-state index in [0.717, 1.165) is 0 Å². The second kappa shape index (κ2) is 9.79. The van der Waals surface area contributed by atoms with Crippen LogP contribution in [0, 0.1) is 0 Å². The molecule has 162 valence electrons. The molecule has 0 aliphatic carbocycles. The third kappa shape index (κ3) is 4.27. The van der Waals surface area contributed by atoms with Gasteiger partial charge in [0.15, 0.2) is 13.0 Å². The van der Waals surface area contributed by atoms with Gasteiger partial charge in [0, 0.05) is 21.2 Å². The molecule has 0 heterocycles. The van der Waals surface area contributed by atoms with Gasteiger partial charge in [-0.15, -0.1) is 0 Å². The Bertz CT molecular complexity index is 1150. The van der Waals surface area contributed by atoms with E-state index in [4.69, 9.17) is 4.52 Å². The largest absolute Gasteiger partial charge is 0.311 e. The van der Waals surface area contributed by atoms with Crippen LogP contribution in [0.25, 0.3) is 0 Å². The molecule has 0 amide bonds. The van der Waals surface area contributed by atoms with Gasteiger partial charge in [0.05, 0.1) is 0 Å². The van der Waals surface area contributed by atoms with Crippen molar-refractivity contribution in [2.24, 2.45) is 0 Å². The van der Waals surface area contributed by atoms with Crippen molar-refractivity contribution in [2.45, 2.75) is 5.85 Å². The minimum absolute atomic E-state index is 0.428. The van der Waals surface area contributed by atoms with Crippen LogP contribution >= 0.6 is 14.5 Å². The Balaban J connectivity index is 1.88. The summed E-state index contributed by atoms with van der Waals surface area (Å²) in [6.45, 7) is -1.05. The summed E-state index contributed by atoms with van der Waals surface area (Å²) in [5.74, 6) is -1.42. The van der Waals surface area contributed by atoms with Gasteiger partial charge in [-0.2, -0.15) is 0 Å². The van der Waals surface area contributed by atoms with Crippen LogP contribution in [0.15, 0.2) is 121 Å². The van der Waals surface area contributed by atoms with E-state index in [1.54, 1.807) is 97.1 Å². The van der Waals surface area contributed by atoms with Crippen LogP contribution < -0.4 is 21.2 Å². The Morgan fingerprint density at radius 2 is 0.875 bits per heavy atom. The van der Waals surface area contributed by atoms with Crippen molar-refractivity contribution >= 4 is 35.7 Å². The second-order valence-electron chi connectivity index (χ2n) is 7.27. The first-order valence-corrected chi connectivity index (χ1v) is 13.7. The molecule has 32 heavy (non-hydrogen) atoms. The summed E-state index contributed by atoms with van der Waals surface area (Å²) in [5, 5.41) is 1.78. The molecule has 4 aromatic carbocycles. The van der Waals surface area contributed by atoms with Gasteiger partial charge in [-0.05, 0) is 24.3 Å². The SMILES string of the molecule is O=P(OC(CF)P(=O)(c1ccccc1)c1ccccc1)(c1ccccc1)c1ccccc1. The van der Waals surface area contributed by atoms with Crippen molar-refractivity contribution in [3.63, 3.8) is 0 Å². The van der Waals surface area contributed by atoms with E-state index in [1.165, 1.54) is 0 Å². The molecule has 0 aromatic heterocycles. The Labute approximate surface area is 187 Å². The van der Waals surface area contributed by atoms with E-state index < -0.39 is 27.0 Å². The van der Waals surface area contributed by atoms with Crippen LogP contribution in [0.5, 0.6) is 0 Å². The zero-order valence-corrected chi connectivity index (χ0v) is 19.1. The fraction of sp³-hybridized carbons (Fsp3) is 0.0769. The van der Waals surface area contributed by atoms with Gasteiger partial charge < -0.3 is 9.09 Å². The standard InChI is InChI=1S/C26H23FO3P2/c27-21-26(31(28,22-13-5-1-6-14-22)23-15-7-2-8-16-23)30-32(29,24-17-9-3-10-18-24)25-19-11-4-12-20-25/h1-20,26H,21H2. The summed E-state index contributed by atoms with van der Waals surface area (Å²) in [4.78, 5) is 0. The van der Waals surface area contributed by atoms with Crippen molar-refractivity contribution in [2.75, 3.05) is 6.67 Å². The van der Waals surface area contributed by atoms with Gasteiger partial charge in [-0.25, -0.2) is 4.39 Å². The zero-order chi connectivity index (χ0) is 22.4. The Morgan fingerprint density at radius 3 is 1.19 bits per heavy atom. The van der Waals surface area contributed by atoms with Crippen LogP contribution in [-0.2, 0) is 13.7 Å². The summed E-state index contributed by atoms with van der Waals surface area (Å²) >= 11 is 0. The Hall–Kier alpha value is -2.77. The maximum atomic E-state index is 14.7. The average molecular weight is 464 g/mol. The van der Waals surface area contributed by atoms with Gasteiger partial charge in [0.2, 0.25) is 0 Å². The monoisotopic (exact) mass is 464 g/mol. The van der Waals surface area contributed by atoms with Crippen molar-refractivity contribution in [3.8, 4) is 0 Å². The lowest BCUT2D eigenvalue weighted by atomic mass is 10.4.